The SMILES string of the molecule is Cc1ccc([C@H](CNC(=O)c2ccc(N3CCOCC3)cc2)N2CCOCC2)cc1. The molecule has 4 rings (SSSR count). The van der Waals surface area contributed by atoms with Crippen LogP contribution < -0.4 is 10.2 Å². The Morgan fingerprint density at radius 1 is 0.900 bits per heavy atom. The Morgan fingerprint density at radius 3 is 2.13 bits per heavy atom. The molecule has 0 unspecified atom stereocenters. The molecule has 1 amide bonds. The Labute approximate surface area is 178 Å². The van der Waals surface area contributed by atoms with Crippen molar-refractivity contribution in [3.05, 3.63) is 65.2 Å². The van der Waals surface area contributed by atoms with Gasteiger partial charge in [-0.1, -0.05) is 29.8 Å². The summed E-state index contributed by atoms with van der Waals surface area (Å²) < 4.78 is 10.9. The van der Waals surface area contributed by atoms with Crippen LogP contribution in [-0.2, 0) is 9.47 Å². The molecule has 30 heavy (non-hydrogen) atoms. The third kappa shape index (κ3) is 5.19. The van der Waals surface area contributed by atoms with Crippen LogP contribution in [-0.4, -0.2) is 70.0 Å². The predicted molar refractivity (Wildman–Crippen MR) is 118 cm³/mol. The lowest BCUT2D eigenvalue weighted by Crippen LogP contribution is -2.43. The highest BCUT2D eigenvalue weighted by atomic mass is 16.5. The van der Waals surface area contributed by atoms with Gasteiger partial charge >= 0.3 is 0 Å². The molecule has 6 nitrogen and oxygen atoms in total. The van der Waals surface area contributed by atoms with E-state index in [1.165, 1.54) is 11.1 Å². The molecule has 2 aromatic carbocycles. The maximum atomic E-state index is 12.8. The Morgan fingerprint density at radius 2 is 1.50 bits per heavy atom. The topological polar surface area (TPSA) is 54.0 Å². The molecule has 6 heteroatoms. The molecule has 2 fully saturated rings. The summed E-state index contributed by atoms with van der Waals surface area (Å²) in [5, 5.41) is 3.15. The summed E-state index contributed by atoms with van der Waals surface area (Å²) in [6.07, 6.45) is 0. The van der Waals surface area contributed by atoms with Crippen molar-refractivity contribution in [2.45, 2.75) is 13.0 Å². The number of nitrogens with one attached hydrogen (secondary N) is 1. The molecular weight excluding hydrogens is 378 g/mol. The zero-order chi connectivity index (χ0) is 20.8. The van der Waals surface area contributed by atoms with E-state index in [1.807, 2.05) is 24.3 Å². The highest BCUT2D eigenvalue weighted by molar-refractivity contribution is 5.94. The largest absolute Gasteiger partial charge is 0.379 e. The van der Waals surface area contributed by atoms with Gasteiger partial charge in [-0.2, -0.15) is 0 Å². The third-order valence-electron chi connectivity index (χ3n) is 5.91. The van der Waals surface area contributed by atoms with Gasteiger partial charge in [0.05, 0.1) is 32.5 Å². The molecule has 1 atom stereocenters. The molecule has 0 radical (unpaired) electrons. The molecule has 2 aliphatic rings. The van der Waals surface area contributed by atoms with E-state index in [9.17, 15) is 4.79 Å². The molecule has 0 bridgehead atoms. The quantitative estimate of drug-likeness (QED) is 0.795. The van der Waals surface area contributed by atoms with E-state index < -0.39 is 0 Å². The van der Waals surface area contributed by atoms with Gasteiger partial charge in [-0.05, 0) is 36.8 Å². The number of morpholine rings is 2. The lowest BCUT2D eigenvalue weighted by Gasteiger charge is -2.35. The number of ether oxygens (including phenoxy) is 2. The molecule has 2 heterocycles. The lowest BCUT2D eigenvalue weighted by atomic mass is 10.0. The minimum Gasteiger partial charge on any atom is -0.379 e. The van der Waals surface area contributed by atoms with Gasteiger partial charge in [0.25, 0.3) is 5.91 Å². The second kappa shape index (κ2) is 10.1. The Kier molecular flexibility index (Phi) is 7.00. The first-order valence-electron chi connectivity index (χ1n) is 10.8. The molecular formula is C24H31N3O3. The van der Waals surface area contributed by atoms with Crippen LogP contribution in [0, 0.1) is 6.92 Å². The van der Waals surface area contributed by atoms with Crippen LogP contribution in [0.25, 0.3) is 0 Å². The van der Waals surface area contributed by atoms with E-state index in [4.69, 9.17) is 9.47 Å². The summed E-state index contributed by atoms with van der Waals surface area (Å²) in [5.41, 5.74) is 4.30. The summed E-state index contributed by atoms with van der Waals surface area (Å²) in [4.78, 5) is 17.5. The van der Waals surface area contributed by atoms with Crippen molar-refractivity contribution in [1.29, 1.82) is 0 Å². The molecule has 0 aromatic heterocycles. The molecule has 0 spiro atoms. The number of anilines is 1. The molecule has 2 aromatic rings. The highest BCUT2D eigenvalue weighted by Crippen LogP contribution is 2.22. The maximum Gasteiger partial charge on any atom is 0.251 e. The first-order valence-corrected chi connectivity index (χ1v) is 10.8. The third-order valence-corrected chi connectivity index (χ3v) is 5.91. The number of hydrogen-bond donors (Lipinski definition) is 1. The van der Waals surface area contributed by atoms with Gasteiger partial charge in [0.1, 0.15) is 0 Å². The second-order valence-electron chi connectivity index (χ2n) is 7.93. The van der Waals surface area contributed by atoms with Crippen molar-refractivity contribution in [2.75, 3.05) is 64.1 Å². The van der Waals surface area contributed by atoms with Gasteiger partial charge in [0, 0.05) is 44.0 Å². The van der Waals surface area contributed by atoms with Crippen LogP contribution in [0.2, 0.25) is 0 Å². The first-order chi connectivity index (χ1) is 14.7. The Bertz CT molecular complexity index is 811. The number of rotatable bonds is 6. The van der Waals surface area contributed by atoms with Crippen molar-refractivity contribution < 1.29 is 14.3 Å². The number of nitrogens with zero attached hydrogens (tertiary/aromatic N) is 2. The Hall–Kier alpha value is -2.41. The van der Waals surface area contributed by atoms with Crippen LogP contribution in [0.3, 0.4) is 0 Å². The van der Waals surface area contributed by atoms with Gasteiger partial charge in [0.15, 0.2) is 0 Å². The fourth-order valence-electron chi connectivity index (χ4n) is 4.07. The summed E-state index contributed by atoms with van der Waals surface area (Å²) in [6, 6.07) is 16.6. The average Bonchev–Trinajstić information content (AvgIpc) is 2.81. The van der Waals surface area contributed by atoms with E-state index >= 15 is 0 Å². The monoisotopic (exact) mass is 409 g/mol. The smallest absolute Gasteiger partial charge is 0.251 e. The van der Waals surface area contributed by atoms with E-state index in [2.05, 4.69) is 46.3 Å². The normalized spacial score (nSPS) is 18.8. The molecule has 1 N–H and O–H groups in total. The molecule has 0 saturated carbocycles. The second-order valence-corrected chi connectivity index (χ2v) is 7.93. The minimum atomic E-state index is -0.0334. The highest BCUT2D eigenvalue weighted by Gasteiger charge is 2.23. The van der Waals surface area contributed by atoms with Crippen molar-refractivity contribution in [1.82, 2.24) is 10.2 Å². The number of carbonyl (C=O) groups excluding carboxylic acids is 1. The van der Waals surface area contributed by atoms with Crippen molar-refractivity contribution >= 4 is 11.6 Å². The van der Waals surface area contributed by atoms with E-state index in [-0.39, 0.29) is 11.9 Å². The van der Waals surface area contributed by atoms with Crippen LogP contribution in [0.4, 0.5) is 5.69 Å². The first kappa shape index (κ1) is 20.8. The van der Waals surface area contributed by atoms with Crippen molar-refractivity contribution in [2.24, 2.45) is 0 Å². The molecule has 2 saturated heterocycles. The van der Waals surface area contributed by atoms with Crippen molar-refractivity contribution in [3.63, 3.8) is 0 Å². The zero-order valence-electron chi connectivity index (χ0n) is 17.7. The van der Waals surface area contributed by atoms with Crippen molar-refractivity contribution in [3.8, 4) is 0 Å². The Balaban J connectivity index is 1.40. The standard InChI is InChI=1S/C24H31N3O3/c1-19-2-4-20(5-3-19)23(27-12-16-30-17-13-27)18-25-24(28)21-6-8-22(9-7-21)26-10-14-29-15-11-26/h2-9,23H,10-18H2,1H3,(H,25,28)/t23-/m0/s1. The number of benzene rings is 2. The molecule has 2 aliphatic heterocycles. The van der Waals surface area contributed by atoms with E-state index in [0.29, 0.717) is 12.1 Å². The zero-order valence-corrected chi connectivity index (χ0v) is 17.7. The van der Waals surface area contributed by atoms with E-state index in [0.717, 1.165) is 58.3 Å². The lowest BCUT2D eigenvalue weighted by molar-refractivity contribution is 0.0162. The summed E-state index contributed by atoms with van der Waals surface area (Å²) >= 11 is 0. The minimum absolute atomic E-state index is 0.0334. The van der Waals surface area contributed by atoms with Gasteiger partial charge in [0.2, 0.25) is 0 Å². The van der Waals surface area contributed by atoms with Gasteiger partial charge in [-0.3, -0.25) is 9.69 Å². The van der Waals surface area contributed by atoms with Gasteiger partial charge < -0.3 is 19.7 Å². The van der Waals surface area contributed by atoms with Crippen LogP contribution >= 0.6 is 0 Å². The summed E-state index contributed by atoms with van der Waals surface area (Å²) in [7, 11) is 0. The number of hydrogen-bond acceptors (Lipinski definition) is 5. The predicted octanol–water partition coefficient (Wildman–Crippen LogP) is 2.63. The van der Waals surface area contributed by atoms with Crippen LogP contribution in [0.1, 0.15) is 27.5 Å². The fraction of sp³-hybridized carbons (Fsp3) is 0.458. The molecule has 160 valence electrons. The number of amides is 1. The average molecular weight is 410 g/mol. The van der Waals surface area contributed by atoms with Gasteiger partial charge in [-0.15, -0.1) is 0 Å². The van der Waals surface area contributed by atoms with E-state index in [1.54, 1.807) is 0 Å². The summed E-state index contributed by atoms with van der Waals surface area (Å²) in [6.45, 7) is 9.19. The maximum absolute atomic E-state index is 12.8. The molecule has 0 aliphatic carbocycles. The summed E-state index contributed by atoms with van der Waals surface area (Å²) in [5.74, 6) is -0.0334. The number of carbonyl (C=O) groups is 1. The fourth-order valence-corrected chi connectivity index (χ4v) is 4.07. The van der Waals surface area contributed by atoms with Crippen LogP contribution in [0.15, 0.2) is 48.5 Å². The van der Waals surface area contributed by atoms with Gasteiger partial charge in [-0.25, -0.2) is 0 Å². The van der Waals surface area contributed by atoms with Crippen LogP contribution in [0.5, 0.6) is 0 Å². The number of aryl methyl sites for hydroxylation is 1.